The van der Waals surface area contributed by atoms with Crippen LogP contribution in [0.1, 0.15) is 0 Å². The molecule has 13 rings (SSSR count). The fourth-order valence-electron chi connectivity index (χ4n) is 10.1. The molecule has 12 aromatic carbocycles. The fourth-order valence-corrected chi connectivity index (χ4v) is 19.3. The highest BCUT2D eigenvalue weighted by atomic mass is 31.3. The Labute approximate surface area is 518 Å². The number of nitrogens with zero attached hydrogens (tertiary/aromatic N) is 3. The summed E-state index contributed by atoms with van der Waals surface area (Å²) in [5, 5.41) is 63.6. The highest BCUT2D eigenvalue weighted by Gasteiger charge is 2.50. The lowest BCUT2D eigenvalue weighted by molar-refractivity contribution is 0.444. The van der Waals surface area contributed by atoms with Crippen molar-refractivity contribution in [3.05, 3.63) is 291 Å². The molecule has 0 saturated heterocycles. The maximum Gasteiger partial charge on any atom is 0.460 e. The molecule has 0 spiro atoms. The van der Waals surface area contributed by atoms with Crippen molar-refractivity contribution in [1.29, 1.82) is 0 Å². The van der Waals surface area contributed by atoms with Crippen LogP contribution in [-0.4, -0.2) is 30.6 Å². The van der Waals surface area contributed by atoms with Crippen molar-refractivity contribution in [2.45, 2.75) is 0 Å². The number of para-hydroxylation sites is 6. The lowest BCUT2D eigenvalue weighted by Crippen LogP contribution is -2.12. The Morgan fingerprint density at radius 2 is 0.311 bits per heavy atom. The largest absolute Gasteiger partial charge is 0.508 e. The summed E-state index contributed by atoms with van der Waals surface area (Å²) in [5.41, 5.74) is 7.13. The molecular formula is C72H54N3O12P3. The van der Waals surface area contributed by atoms with Crippen LogP contribution in [0.5, 0.6) is 69.0 Å². The Bertz CT molecular complexity index is 3980. The van der Waals surface area contributed by atoms with Crippen molar-refractivity contribution in [1.82, 2.24) is 0 Å². The Balaban J connectivity index is 1.19. The van der Waals surface area contributed by atoms with Crippen molar-refractivity contribution in [3.8, 4) is 136 Å². The molecule has 0 fully saturated rings. The summed E-state index contributed by atoms with van der Waals surface area (Å²) < 4.78 is 63.2. The predicted molar refractivity (Wildman–Crippen MR) is 353 cm³/mol. The first-order valence-electron chi connectivity index (χ1n) is 28.3. The zero-order chi connectivity index (χ0) is 61.7. The molecule has 15 nitrogen and oxygen atoms in total. The van der Waals surface area contributed by atoms with E-state index in [2.05, 4.69) is 0 Å². The summed E-state index contributed by atoms with van der Waals surface area (Å²) in [5.74, 6) is 1.55. The molecule has 0 bridgehead atoms. The lowest BCUT2D eigenvalue weighted by Gasteiger charge is -2.34. The molecule has 6 N–H and O–H groups in total. The third-order valence-corrected chi connectivity index (χ3v) is 22.4. The summed E-state index contributed by atoms with van der Waals surface area (Å²) >= 11 is 0. The molecule has 444 valence electrons. The van der Waals surface area contributed by atoms with E-state index in [-0.39, 0.29) is 69.0 Å². The Morgan fingerprint density at radius 1 is 0.178 bits per heavy atom. The standard InChI is InChI=1S/C72H54N3O12P3/c76-55-37-25-49(26-38-55)61-13-1-7-19-67(61)82-88(83-68-20-8-2-14-62(68)50-27-39-56(77)40-28-50)73-89(84-69-21-9-3-15-63(69)51-29-41-57(78)42-30-51,85-70-22-10-4-16-64(70)52-31-43-58(79)44-32-52)75-90(74-88,86-71-23-11-5-17-65(71)53-33-45-59(80)46-34-53)87-72-24-12-6-18-66(72)54-35-47-60(81)48-36-54/h1-48,76-81H. The Hall–Kier alpha value is -11.1. The zero-order valence-corrected chi connectivity index (χ0v) is 50.2. The van der Waals surface area contributed by atoms with Crippen LogP contribution < -0.4 is 27.1 Å². The zero-order valence-electron chi connectivity index (χ0n) is 47.5. The number of hydrogen-bond acceptors (Lipinski definition) is 15. The van der Waals surface area contributed by atoms with Crippen LogP contribution in [0.25, 0.3) is 66.8 Å². The van der Waals surface area contributed by atoms with Gasteiger partial charge in [-0.1, -0.05) is 196 Å². The molecular weight excluding hydrogens is 1190 g/mol. The lowest BCUT2D eigenvalue weighted by atomic mass is 10.0. The van der Waals surface area contributed by atoms with E-state index in [4.69, 9.17) is 40.7 Å². The molecule has 0 aromatic heterocycles. The number of phenols is 6. The van der Waals surface area contributed by atoms with Crippen LogP contribution in [-0.2, 0) is 0 Å². The molecule has 0 unspecified atom stereocenters. The average Bonchev–Trinajstić information content (AvgIpc) is 0.767. The molecule has 1 aliphatic rings. The van der Waals surface area contributed by atoms with Crippen molar-refractivity contribution in [3.63, 3.8) is 0 Å². The van der Waals surface area contributed by atoms with Crippen LogP contribution >= 0.6 is 23.0 Å². The average molecular weight is 1250 g/mol. The summed E-state index contributed by atoms with van der Waals surface area (Å²) in [6.45, 7) is 0. The third kappa shape index (κ3) is 12.7. The highest BCUT2D eigenvalue weighted by Crippen LogP contribution is 2.80. The first-order valence-corrected chi connectivity index (χ1v) is 32.8. The van der Waals surface area contributed by atoms with Crippen LogP contribution in [0.3, 0.4) is 0 Å². The van der Waals surface area contributed by atoms with Gasteiger partial charge in [-0.2, -0.15) is 0 Å². The maximum atomic E-state index is 10.6. The molecule has 1 heterocycles. The van der Waals surface area contributed by atoms with E-state index in [1.807, 2.05) is 72.8 Å². The van der Waals surface area contributed by atoms with Crippen LogP contribution in [0, 0.1) is 0 Å². The van der Waals surface area contributed by atoms with E-state index in [0.29, 0.717) is 66.8 Å². The fraction of sp³-hybridized carbons (Fsp3) is 0. The normalized spacial score (nSPS) is 13.5. The van der Waals surface area contributed by atoms with E-state index >= 15 is 0 Å². The number of hydrogen-bond donors (Lipinski definition) is 6. The first kappa shape index (κ1) is 58.0. The van der Waals surface area contributed by atoms with Gasteiger partial charge in [-0.05, 0) is 143 Å². The van der Waals surface area contributed by atoms with Gasteiger partial charge in [0.05, 0.1) is 0 Å². The topological polar surface area (TPSA) is 214 Å². The minimum Gasteiger partial charge on any atom is -0.508 e. The van der Waals surface area contributed by atoms with Crippen molar-refractivity contribution in [2.24, 2.45) is 13.5 Å². The predicted octanol–water partition coefficient (Wildman–Crippen LogP) is 20.5. The number of phenolic OH excluding ortho intramolecular Hbond substituents is 6. The first-order chi connectivity index (χ1) is 43.9. The van der Waals surface area contributed by atoms with Crippen molar-refractivity contribution >= 4 is 23.0 Å². The minimum absolute atomic E-state index is 0.0438. The smallest absolute Gasteiger partial charge is 0.460 e. The van der Waals surface area contributed by atoms with Crippen molar-refractivity contribution < 1.29 is 57.8 Å². The second kappa shape index (κ2) is 25.0. The van der Waals surface area contributed by atoms with Crippen LogP contribution in [0.4, 0.5) is 0 Å². The molecule has 0 amide bonds. The van der Waals surface area contributed by atoms with Gasteiger partial charge in [0, 0.05) is 33.4 Å². The molecule has 12 aromatic rings. The molecule has 0 radical (unpaired) electrons. The summed E-state index contributed by atoms with van der Waals surface area (Å²) in [7, 11) is -14.4. The Kier molecular flexibility index (Phi) is 16.1. The SMILES string of the molecule is Oc1ccc(-c2ccccc2OP2(Oc3ccccc3-c3ccc(O)cc3)=NP(Oc3ccccc3-c3ccc(O)cc3)(Oc3ccccc3-c3ccc(O)cc3)=NP(Oc3ccccc3-c3ccc(O)cc3)(Oc3ccccc3-c3ccc(O)cc3)=N2)cc1. The van der Waals surface area contributed by atoms with Gasteiger partial charge in [0.25, 0.3) is 0 Å². The second-order valence-corrected chi connectivity index (χ2v) is 26.7. The van der Waals surface area contributed by atoms with Gasteiger partial charge in [-0.15, -0.1) is 0 Å². The van der Waals surface area contributed by atoms with Gasteiger partial charge in [-0.25, -0.2) is 0 Å². The summed E-state index contributed by atoms with van der Waals surface area (Å²) in [6, 6.07) is 83.3. The minimum atomic E-state index is -4.79. The summed E-state index contributed by atoms with van der Waals surface area (Å²) in [4.78, 5) is 0. The second-order valence-electron chi connectivity index (χ2n) is 20.5. The molecule has 18 heteroatoms. The van der Waals surface area contributed by atoms with E-state index in [1.165, 1.54) is 0 Å². The number of benzene rings is 12. The van der Waals surface area contributed by atoms with E-state index in [1.54, 1.807) is 218 Å². The van der Waals surface area contributed by atoms with Gasteiger partial charge >= 0.3 is 23.0 Å². The monoisotopic (exact) mass is 1250 g/mol. The Morgan fingerprint density at radius 3 is 0.456 bits per heavy atom. The molecule has 0 aliphatic carbocycles. The number of rotatable bonds is 18. The third-order valence-electron chi connectivity index (χ3n) is 14.4. The maximum absolute atomic E-state index is 10.6. The van der Waals surface area contributed by atoms with Gasteiger partial charge in [0.15, 0.2) is 0 Å². The summed E-state index contributed by atoms with van der Waals surface area (Å²) in [6.07, 6.45) is 0. The van der Waals surface area contributed by atoms with E-state index in [0.717, 1.165) is 0 Å². The molecule has 1 aliphatic heterocycles. The van der Waals surface area contributed by atoms with Crippen LogP contribution in [0.15, 0.2) is 305 Å². The highest BCUT2D eigenvalue weighted by molar-refractivity contribution is 7.79. The van der Waals surface area contributed by atoms with Gasteiger partial charge in [-0.3, -0.25) is 0 Å². The quantitative estimate of drug-likeness (QED) is 0.0443. The van der Waals surface area contributed by atoms with Gasteiger partial charge in [0.1, 0.15) is 69.0 Å². The molecule has 90 heavy (non-hydrogen) atoms. The van der Waals surface area contributed by atoms with E-state index < -0.39 is 23.0 Å². The van der Waals surface area contributed by atoms with Crippen molar-refractivity contribution in [2.75, 3.05) is 0 Å². The number of aromatic hydroxyl groups is 6. The molecule has 0 saturated carbocycles. The van der Waals surface area contributed by atoms with Gasteiger partial charge in [0.2, 0.25) is 0 Å². The van der Waals surface area contributed by atoms with Gasteiger partial charge < -0.3 is 57.8 Å². The molecule has 0 atom stereocenters. The van der Waals surface area contributed by atoms with Crippen LogP contribution in [0.2, 0.25) is 0 Å². The van der Waals surface area contributed by atoms with E-state index in [9.17, 15) is 30.6 Å².